The Morgan fingerprint density at radius 1 is 1.59 bits per heavy atom. The van der Waals surface area contributed by atoms with Gasteiger partial charge in [0.15, 0.2) is 5.84 Å². The number of hydrogen-bond acceptors (Lipinski definition) is 8. The zero-order valence-electron chi connectivity index (χ0n) is 8.40. The third kappa shape index (κ3) is 4.21. The fourth-order valence-electron chi connectivity index (χ4n) is 0.811. The number of nitrogens with one attached hydrogen (secondary N) is 1. The van der Waals surface area contributed by atoms with Crippen molar-refractivity contribution in [2.75, 3.05) is 13.2 Å². The van der Waals surface area contributed by atoms with Crippen LogP contribution < -0.4 is 20.3 Å². The lowest BCUT2D eigenvalue weighted by Gasteiger charge is -2.03. The summed E-state index contributed by atoms with van der Waals surface area (Å²) in [6.45, 7) is -0.169. The standard InChI is InChI=1S/C5H10N6O5S/c6-4(9-12)3-5(11-16-10-3)15-2-1-8-17(7,13)14/h8,12H,1-2H2,(H2,6,9)(H2,7,13,14). The molecule has 0 amide bonds. The molecule has 0 unspecified atom stereocenters. The van der Waals surface area contributed by atoms with E-state index in [0.717, 1.165) is 0 Å². The van der Waals surface area contributed by atoms with E-state index in [9.17, 15) is 8.42 Å². The van der Waals surface area contributed by atoms with Crippen LogP contribution in [0.3, 0.4) is 0 Å². The van der Waals surface area contributed by atoms with Crippen LogP contribution in [0.1, 0.15) is 5.69 Å². The highest BCUT2D eigenvalue weighted by molar-refractivity contribution is 7.87. The summed E-state index contributed by atoms with van der Waals surface area (Å²) in [6, 6.07) is 0. The Labute approximate surface area is 95.5 Å². The molecule has 1 rings (SSSR count). The van der Waals surface area contributed by atoms with Gasteiger partial charge in [-0.15, -0.1) is 0 Å². The Balaban J connectivity index is 2.50. The first kappa shape index (κ1) is 13.1. The fourth-order valence-corrected chi connectivity index (χ4v) is 1.18. The van der Waals surface area contributed by atoms with Gasteiger partial charge in [0.1, 0.15) is 6.61 Å². The molecule has 11 nitrogen and oxygen atoms in total. The second kappa shape index (κ2) is 5.42. The van der Waals surface area contributed by atoms with Gasteiger partial charge in [-0.05, 0) is 10.3 Å². The fraction of sp³-hybridized carbons (Fsp3) is 0.400. The molecule has 6 N–H and O–H groups in total. The van der Waals surface area contributed by atoms with Gasteiger partial charge in [-0.2, -0.15) is 13.1 Å². The SMILES string of the molecule is NC(=NO)c1nonc1OCCNS(N)(=O)=O. The number of ether oxygens (including phenoxy) is 1. The molecule has 96 valence electrons. The highest BCUT2D eigenvalue weighted by atomic mass is 32.2. The molecule has 0 aliphatic rings. The molecule has 1 aromatic rings. The van der Waals surface area contributed by atoms with Crippen molar-refractivity contribution in [2.45, 2.75) is 0 Å². The molecule has 0 fully saturated rings. The first-order chi connectivity index (χ1) is 7.94. The van der Waals surface area contributed by atoms with Gasteiger partial charge < -0.3 is 15.7 Å². The molecular formula is C5H10N6O5S. The van der Waals surface area contributed by atoms with Crippen LogP contribution in [-0.2, 0) is 10.2 Å². The molecule has 0 bridgehead atoms. The maximum atomic E-state index is 10.5. The van der Waals surface area contributed by atoms with Crippen LogP contribution in [-0.4, -0.2) is 42.9 Å². The van der Waals surface area contributed by atoms with E-state index in [0.29, 0.717) is 0 Å². The van der Waals surface area contributed by atoms with E-state index in [1.54, 1.807) is 0 Å². The monoisotopic (exact) mass is 266 g/mol. The minimum atomic E-state index is -3.77. The Bertz CT molecular complexity index is 495. The summed E-state index contributed by atoms with van der Waals surface area (Å²) in [7, 11) is -3.77. The number of amidine groups is 1. The highest BCUT2D eigenvalue weighted by Gasteiger charge is 2.15. The van der Waals surface area contributed by atoms with Gasteiger partial charge in [0, 0.05) is 6.54 Å². The number of hydrogen-bond donors (Lipinski definition) is 4. The van der Waals surface area contributed by atoms with Gasteiger partial charge in [-0.1, -0.05) is 5.16 Å². The number of rotatable bonds is 6. The summed E-state index contributed by atoms with van der Waals surface area (Å²) in [5.74, 6) is -0.475. The van der Waals surface area contributed by atoms with Crippen molar-refractivity contribution in [2.24, 2.45) is 16.0 Å². The molecule has 0 radical (unpaired) electrons. The van der Waals surface area contributed by atoms with Gasteiger partial charge >= 0.3 is 0 Å². The van der Waals surface area contributed by atoms with E-state index in [1.165, 1.54) is 0 Å². The largest absolute Gasteiger partial charge is 0.472 e. The van der Waals surface area contributed by atoms with Crippen molar-refractivity contribution in [3.8, 4) is 5.88 Å². The van der Waals surface area contributed by atoms with E-state index in [2.05, 4.69) is 25.2 Å². The molecule has 0 aliphatic heterocycles. The van der Waals surface area contributed by atoms with E-state index >= 15 is 0 Å². The van der Waals surface area contributed by atoms with Gasteiger partial charge in [0.25, 0.3) is 16.1 Å². The second-order valence-corrected chi connectivity index (χ2v) is 4.07. The van der Waals surface area contributed by atoms with Gasteiger partial charge in [0.05, 0.1) is 0 Å². The van der Waals surface area contributed by atoms with Crippen molar-refractivity contribution in [1.29, 1.82) is 0 Å². The number of aromatic nitrogens is 2. The lowest BCUT2D eigenvalue weighted by molar-refractivity contribution is 0.258. The molecule has 0 saturated carbocycles. The minimum Gasteiger partial charge on any atom is -0.472 e. The van der Waals surface area contributed by atoms with Crippen LogP contribution in [0, 0.1) is 0 Å². The summed E-state index contributed by atoms with van der Waals surface area (Å²) < 4.78 is 32.3. The van der Waals surface area contributed by atoms with E-state index in [4.69, 9.17) is 15.7 Å². The Morgan fingerprint density at radius 3 is 2.88 bits per heavy atom. The lowest BCUT2D eigenvalue weighted by Crippen LogP contribution is -2.34. The molecule has 12 heteroatoms. The Kier molecular flexibility index (Phi) is 4.19. The number of nitrogens with zero attached hydrogens (tertiary/aromatic N) is 3. The van der Waals surface area contributed by atoms with Crippen LogP contribution >= 0.6 is 0 Å². The van der Waals surface area contributed by atoms with Crippen LogP contribution in [0.4, 0.5) is 0 Å². The molecule has 0 saturated heterocycles. The molecule has 1 aromatic heterocycles. The van der Waals surface area contributed by atoms with E-state index in [1.807, 2.05) is 4.72 Å². The van der Waals surface area contributed by atoms with Crippen LogP contribution in [0.2, 0.25) is 0 Å². The normalized spacial score (nSPS) is 12.6. The number of oxime groups is 1. The average molecular weight is 266 g/mol. The van der Waals surface area contributed by atoms with Gasteiger partial charge in [0.2, 0.25) is 5.69 Å². The molecule has 1 heterocycles. The quantitative estimate of drug-likeness (QED) is 0.141. The Hall–Kier alpha value is -1.92. The molecular weight excluding hydrogens is 256 g/mol. The third-order valence-electron chi connectivity index (χ3n) is 1.45. The van der Waals surface area contributed by atoms with Crippen LogP contribution in [0.5, 0.6) is 5.88 Å². The highest BCUT2D eigenvalue weighted by Crippen LogP contribution is 2.11. The maximum absolute atomic E-state index is 10.5. The van der Waals surface area contributed by atoms with Crippen molar-refractivity contribution >= 4 is 16.0 Å². The number of nitrogens with two attached hydrogens (primary N) is 2. The zero-order valence-corrected chi connectivity index (χ0v) is 9.22. The predicted octanol–water partition coefficient (Wildman–Crippen LogP) is -2.66. The minimum absolute atomic E-state index is 0.0820. The molecule has 0 aromatic carbocycles. The summed E-state index contributed by atoms with van der Waals surface area (Å²) in [5.41, 5.74) is 5.14. The molecule has 0 spiro atoms. The van der Waals surface area contributed by atoms with Crippen molar-refractivity contribution in [3.05, 3.63) is 5.69 Å². The molecule has 0 aliphatic carbocycles. The smallest absolute Gasteiger partial charge is 0.287 e. The Morgan fingerprint density at radius 2 is 2.29 bits per heavy atom. The topological polar surface area (TPSA) is 179 Å². The van der Waals surface area contributed by atoms with Gasteiger partial charge in [-0.3, -0.25) is 0 Å². The van der Waals surface area contributed by atoms with Gasteiger partial charge in [-0.25, -0.2) is 9.77 Å². The zero-order chi connectivity index (χ0) is 12.9. The summed E-state index contributed by atoms with van der Waals surface area (Å²) in [5, 5.41) is 22.4. The van der Waals surface area contributed by atoms with Crippen molar-refractivity contribution in [1.82, 2.24) is 15.0 Å². The summed E-state index contributed by atoms with van der Waals surface area (Å²) in [4.78, 5) is 0. The lowest BCUT2D eigenvalue weighted by atomic mass is 10.4. The third-order valence-corrected chi connectivity index (χ3v) is 2.06. The molecule has 0 atom stereocenters. The predicted molar refractivity (Wildman–Crippen MR) is 53.4 cm³/mol. The van der Waals surface area contributed by atoms with Crippen LogP contribution in [0.25, 0.3) is 0 Å². The van der Waals surface area contributed by atoms with Crippen molar-refractivity contribution in [3.63, 3.8) is 0 Å². The second-order valence-electron chi connectivity index (χ2n) is 2.69. The summed E-state index contributed by atoms with van der Waals surface area (Å²) >= 11 is 0. The van der Waals surface area contributed by atoms with Crippen LogP contribution in [0.15, 0.2) is 9.78 Å². The summed E-state index contributed by atoms with van der Waals surface area (Å²) in [6.07, 6.45) is 0. The first-order valence-electron chi connectivity index (χ1n) is 4.14. The molecule has 17 heavy (non-hydrogen) atoms. The average Bonchev–Trinajstić information content (AvgIpc) is 2.70. The first-order valence-corrected chi connectivity index (χ1v) is 5.69. The maximum Gasteiger partial charge on any atom is 0.287 e. The van der Waals surface area contributed by atoms with E-state index < -0.39 is 10.2 Å². The van der Waals surface area contributed by atoms with E-state index in [-0.39, 0.29) is 30.6 Å². The van der Waals surface area contributed by atoms with Crippen molar-refractivity contribution < 1.29 is 23.0 Å².